The number of aryl methyl sites for hydroxylation is 1. The van der Waals surface area contributed by atoms with Crippen LogP contribution in [-0.2, 0) is 11.8 Å². The van der Waals surface area contributed by atoms with Gasteiger partial charge in [-0.2, -0.15) is 0 Å². The van der Waals surface area contributed by atoms with Crippen molar-refractivity contribution in [3.8, 4) is 0 Å². The van der Waals surface area contributed by atoms with Gasteiger partial charge in [-0.3, -0.25) is 9.59 Å². The maximum absolute atomic E-state index is 13.5. The second kappa shape index (κ2) is 9.56. The van der Waals surface area contributed by atoms with Gasteiger partial charge in [-0.15, -0.1) is 0 Å². The zero-order valence-corrected chi connectivity index (χ0v) is 19.5. The quantitative estimate of drug-likeness (QED) is 0.416. The van der Waals surface area contributed by atoms with Crippen LogP contribution in [0.4, 0.5) is 0 Å². The molecule has 0 bridgehead atoms. The van der Waals surface area contributed by atoms with Crippen LogP contribution in [0.3, 0.4) is 0 Å². The van der Waals surface area contributed by atoms with Gasteiger partial charge in [-0.05, 0) is 54.8 Å². The minimum Gasteiger partial charge on any atom is -0.344 e. The van der Waals surface area contributed by atoms with Crippen molar-refractivity contribution in [1.82, 2.24) is 14.8 Å². The van der Waals surface area contributed by atoms with Gasteiger partial charge in [0.05, 0.1) is 0 Å². The fourth-order valence-electron chi connectivity index (χ4n) is 4.82. The number of carbonyl (C=O) groups is 2. The van der Waals surface area contributed by atoms with E-state index in [-0.39, 0.29) is 11.8 Å². The smallest absolute Gasteiger partial charge is 0.270 e. The van der Waals surface area contributed by atoms with Crippen LogP contribution in [0.15, 0.2) is 78.5 Å². The van der Waals surface area contributed by atoms with Gasteiger partial charge in [0.15, 0.2) is 0 Å². The lowest BCUT2D eigenvalue weighted by Crippen LogP contribution is -2.39. The highest BCUT2D eigenvalue weighted by Crippen LogP contribution is 2.29. The Morgan fingerprint density at radius 2 is 1.47 bits per heavy atom. The Bertz CT molecular complexity index is 1380. The normalized spacial score (nSPS) is 14.9. The van der Waals surface area contributed by atoms with Gasteiger partial charge in [0.1, 0.15) is 5.70 Å². The Hall–Kier alpha value is -3.86. The molecule has 34 heavy (non-hydrogen) atoms. The first-order valence-corrected chi connectivity index (χ1v) is 12.0. The van der Waals surface area contributed by atoms with Crippen molar-refractivity contribution in [2.45, 2.75) is 25.7 Å². The fourth-order valence-corrected chi connectivity index (χ4v) is 4.82. The highest BCUT2D eigenvalue weighted by molar-refractivity contribution is 6.09. The number of carbonyl (C=O) groups excluding carboxylic acids is 2. The van der Waals surface area contributed by atoms with Gasteiger partial charge in [0.25, 0.3) is 11.8 Å². The molecule has 4 aromatic rings. The molecule has 1 aromatic heterocycles. The fraction of sp³-hybridized carbons (Fsp3) is 0.241. The summed E-state index contributed by atoms with van der Waals surface area (Å²) in [4.78, 5) is 28.4. The van der Waals surface area contributed by atoms with E-state index in [0.717, 1.165) is 60.8 Å². The molecule has 1 N–H and O–H groups in total. The molecule has 1 saturated heterocycles. The molecule has 2 heterocycles. The summed E-state index contributed by atoms with van der Waals surface area (Å²) < 4.78 is 2.18. The van der Waals surface area contributed by atoms with E-state index in [1.54, 1.807) is 12.1 Å². The average molecular weight is 452 g/mol. The number of amides is 2. The molecule has 0 atom stereocenters. The first-order valence-electron chi connectivity index (χ1n) is 12.0. The maximum Gasteiger partial charge on any atom is 0.270 e. The van der Waals surface area contributed by atoms with Gasteiger partial charge in [-0.25, -0.2) is 0 Å². The summed E-state index contributed by atoms with van der Waals surface area (Å²) in [6.45, 7) is 1.44. The van der Waals surface area contributed by atoms with Gasteiger partial charge in [-0.1, -0.05) is 55.3 Å². The summed E-state index contributed by atoms with van der Waals surface area (Å²) in [6, 6.07) is 23.5. The van der Waals surface area contributed by atoms with Crippen molar-refractivity contribution in [1.29, 1.82) is 0 Å². The van der Waals surface area contributed by atoms with Crippen LogP contribution in [0.2, 0.25) is 0 Å². The SMILES string of the molecule is Cn1c2ccccc2c2cc(/C=C(/NC(=O)c3ccccc3)C(=O)N3CCCCCC3)ccc21. The third kappa shape index (κ3) is 4.34. The molecule has 0 unspecified atom stereocenters. The summed E-state index contributed by atoms with van der Waals surface area (Å²) >= 11 is 0. The molecule has 5 rings (SSSR count). The summed E-state index contributed by atoms with van der Waals surface area (Å²) in [7, 11) is 2.06. The van der Waals surface area contributed by atoms with Crippen molar-refractivity contribution in [2.75, 3.05) is 13.1 Å². The molecular weight excluding hydrogens is 422 g/mol. The monoisotopic (exact) mass is 451 g/mol. The number of benzene rings is 3. The highest BCUT2D eigenvalue weighted by Gasteiger charge is 2.22. The minimum absolute atomic E-state index is 0.121. The van der Waals surface area contributed by atoms with E-state index in [9.17, 15) is 9.59 Å². The van der Waals surface area contributed by atoms with E-state index in [4.69, 9.17) is 0 Å². The number of rotatable bonds is 4. The lowest BCUT2D eigenvalue weighted by molar-refractivity contribution is -0.127. The van der Waals surface area contributed by atoms with Crippen molar-refractivity contribution in [3.63, 3.8) is 0 Å². The third-order valence-electron chi connectivity index (χ3n) is 6.66. The van der Waals surface area contributed by atoms with Crippen LogP contribution in [0.25, 0.3) is 27.9 Å². The Labute approximate surface area is 199 Å². The molecule has 2 amide bonds. The number of hydrogen-bond acceptors (Lipinski definition) is 2. The van der Waals surface area contributed by atoms with E-state index < -0.39 is 0 Å². The van der Waals surface area contributed by atoms with Crippen LogP contribution in [-0.4, -0.2) is 34.4 Å². The van der Waals surface area contributed by atoms with E-state index in [2.05, 4.69) is 41.2 Å². The standard InChI is InChI=1S/C29H29N3O2/c1-31-26-14-8-7-13-23(26)24-19-21(15-16-27(24)31)20-25(29(34)32-17-9-2-3-10-18-32)30-28(33)22-11-5-4-6-12-22/h4-8,11-16,19-20H,2-3,9-10,17-18H2,1H3,(H,30,33)/b25-20+. The van der Waals surface area contributed by atoms with E-state index in [0.29, 0.717) is 11.3 Å². The van der Waals surface area contributed by atoms with Crippen LogP contribution >= 0.6 is 0 Å². The number of fused-ring (bicyclic) bond motifs is 3. The van der Waals surface area contributed by atoms with Crippen molar-refractivity contribution < 1.29 is 9.59 Å². The maximum atomic E-state index is 13.5. The van der Waals surface area contributed by atoms with E-state index in [1.807, 2.05) is 47.4 Å². The van der Waals surface area contributed by atoms with Gasteiger partial charge >= 0.3 is 0 Å². The molecule has 1 aliphatic heterocycles. The second-order valence-electron chi connectivity index (χ2n) is 8.94. The number of likely N-dealkylation sites (tertiary alicyclic amines) is 1. The first-order chi connectivity index (χ1) is 16.6. The number of nitrogens with one attached hydrogen (secondary N) is 1. The van der Waals surface area contributed by atoms with Gasteiger partial charge < -0.3 is 14.8 Å². The predicted octanol–water partition coefficient (Wildman–Crippen LogP) is 5.51. The third-order valence-corrected chi connectivity index (χ3v) is 6.66. The van der Waals surface area contributed by atoms with E-state index >= 15 is 0 Å². The summed E-state index contributed by atoms with van der Waals surface area (Å²) in [6.07, 6.45) is 6.07. The highest BCUT2D eigenvalue weighted by atomic mass is 16.2. The molecule has 0 radical (unpaired) electrons. The number of hydrogen-bond donors (Lipinski definition) is 1. The first kappa shape index (κ1) is 22.0. The molecule has 0 aliphatic carbocycles. The van der Waals surface area contributed by atoms with Gasteiger partial charge in [0.2, 0.25) is 0 Å². The molecule has 5 heteroatoms. The van der Waals surface area contributed by atoms with Crippen molar-refractivity contribution in [2.24, 2.45) is 7.05 Å². The minimum atomic E-state index is -0.277. The summed E-state index contributed by atoms with van der Waals surface area (Å²) in [5, 5.41) is 5.21. The number of para-hydroxylation sites is 1. The molecule has 0 saturated carbocycles. The zero-order chi connectivity index (χ0) is 23.5. The molecule has 3 aromatic carbocycles. The molecular formula is C29H29N3O2. The molecule has 1 aliphatic rings. The van der Waals surface area contributed by atoms with E-state index in [1.165, 1.54) is 5.39 Å². The second-order valence-corrected chi connectivity index (χ2v) is 8.94. The Morgan fingerprint density at radius 3 is 2.24 bits per heavy atom. The molecule has 0 spiro atoms. The molecule has 172 valence electrons. The topological polar surface area (TPSA) is 54.3 Å². The largest absolute Gasteiger partial charge is 0.344 e. The lowest BCUT2D eigenvalue weighted by atomic mass is 10.1. The Balaban J connectivity index is 1.55. The predicted molar refractivity (Wildman–Crippen MR) is 137 cm³/mol. The van der Waals surface area contributed by atoms with Crippen LogP contribution in [0.5, 0.6) is 0 Å². The lowest BCUT2D eigenvalue weighted by Gasteiger charge is -2.22. The summed E-state index contributed by atoms with van der Waals surface area (Å²) in [5.41, 5.74) is 4.02. The molecule has 5 nitrogen and oxygen atoms in total. The molecule has 1 fully saturated rings. The van der Waals surface area contributed by atoms with Crippen molar-refractivity contribution >= 4 is 39.7 Å². The average Bonchev–Trinajstić information content (AvgIpc) is 3.03. The number of nitrogens with zero attached hydrogens (tertiary/aromatic N) is 2. The zero-order valence-electron chi connectivity index (χ0n) is 19.5. The van der Waals surface area contributed by atoms with Gasteiger partial charge in [0, 0.05) is 47.5 Å². The van der Waals surface area contributed by atoms with Crippen LogP contribution in [0.1, 0.15) is 41.6 Å². The van der Waals surface area contributed by atoms with Crippen molar-refractivity contribution in [3.05, 3.63) is 89.6 Å². The Morgan fingerprint density at radius 1 is 0.794 bits per heavy atom. The number of aromatic nitrogens is 1. The Kier molecular flexibility index (Phi) is 6.17. The van der Waals surface area contributed by atoms with Crippen LogP contribution < -0.4 is 5.32 Å². The van der Waals surface area contributed by atoms with Crippen LogP contribution in [0, 0.1) is 0 Å². The summed E-state index contributed by atoms with van der Waals surface area (Å²) in [5.74, 6) is -0.398.